The maximum absolute atomic E-state index is 14.0. The SMILES string of the molecule is COC(=O)/C=C/c1ccc(NC(=O)C2(NC(=O)c3ccc4c(C5CCCCC5)c5n(c4c3)CCCc3sc(C)nc3-5)CCCC2)cc1. The molecule has 244 valence electrons. The molecule has 47 heavy (non-hydrogen) atoms. The molecule has 2 aliphatic carbocycles. The number of rotatable bonds is 7. The number of fused-ring (bicyclic) bond motifs is 5. The van der Waals surface area contributed by atoms with Gasteiger partial charge in [0.2, 0.25) is 5.91 Å². The Hall–Kier alpha value is -4.24. The highest BCUT2D eigenvalue weighted by Gasteiger charge is 2.43. The second kappa shape index (κ2) is 13.1. The summed E-state index contributed by atoms with van der Waals surface area (Å²) in [5.74, 6) is -0.356. The predicted octanol–water partition coefficient (Wildman–Crippen LogP) is 7.93. The van der Waals surface area contributed by atoms with Gasteiger partial charge < -0.3 is 19.9 Å². The van der Waals surface area contributed by atoms with Crippen LogP contribution in [0.5, 0.6) is 0 Å². The third kappa shape index (κ3) is 6.13. The van der Waals surface area contributed by atoms with E-state index in [0.29, 0.717) is 30.0 Å². The number of carbonyl (C=O) groups excluding carboxylic acids is 3. The molecule has 0 spiro atoms. The number of nitrogens with one attached hydrogen (secondary N) is 2. The van der Waals surface area contributed by atoms with Gasteiger partial charge in [-0.15, -0.1) is 11.3 Å². The van der Waals surface area contributed by atoms with Gasteiger partial charge in [0.1, 0.15) is 11.2 Å². The van der Waals surface area contributed by atoms with Gasteiger partial charge in [-0.1, -0.05) is 50.3 Å². The van der Waals surface area contributed by atoms with Crippen molar-refractivity contribution in [3.63, 3.8) is 0 Å². The third-order valence-corrected chi connectivity index (χ3v) is 11.3. The number of ether oxygens (including phenoxy) is 1. The third-order valence-electron chi connectivity index (χ3n) is 10.2. The van der Waals surface area contributed by atoms with Crippen molar-refractivity contribution in [2.24, 2.45) is 0 Å². The fourth-order valence-electron chi connectivity index (χ4n) is 7.87. The number of aryl methyl sites for hydroxylation is 3. The first-order valence-electron chi connectivity index (χ1n) is 17.0. The fraction of sp³-hybridized carbons (Fsp3) is 0.421. The van der Waals surface area contributed by atoms with E-state index in [1.807, 2.05) is 35.6 Å². The Bertz CT molecular complexity index is 1860. The van der Waals surface area contributed by atoms with E-state index >= 15 is 0 Å². The summed E-state index contributed by atoms with van der Waals surface area (Å²) in [7, 11) is 1.34. The lowest BCUT2D eigenvalue weighted by Gasteiger charge is -2.29. The van der Waals surface area contributed by atoms with Gasteiger partial charge in [0, 0.05) is 39.7 Å². The molecule has 7 rings (SSSR count). The summed E-state index contributed by atoms with van der Waals surface area (Å²) >= 11 is 1.82. The highest BCUT2D eigenvalue weighted by molar-refractivity contribution is 7.12. The van der Waals surface area contributed by atoms with Crippen LogP contribution in [0.2, 0.25) is 0 Å². The molecule has 0 atom stereocenters. The molecule has 3 heterocycles. The molecule has 2 aromatic heterocycles. The van der Waals surface area contributed by atoms with Gasteiger partial charge in [0.15, 0.2) is 0 Å². The summed E-state index contributed by atoms with van der Waals surface area (Å²) in [4.78, 5) is 45.6. The summed E-state index contributed by atoms with van der Waals surface area (Å²) in [6.45, 7) is 3.00. The van der Waals surface area contributed by atoms with E-state index in [1.54, 1.807) is 18.2 Å². The first kappa shape index (κ1) is 31.4. The maximum Gasteiger partial charge on any atom is 0.330 e. The summed E-state index contributed by atoms with van der Waals surface area (Å²) in [5.41, 5.74) is 5.95. The molecule has 1 aliphatic heterocycles. The minimum absolute atomic E-state index is 0.204. The lowest BCUT2D eigenvalue weighted by atomic mass is 9.82. The average molecular weight is 651 g/mol. The van der Waals surface area contributed by atoms with Crippen molar-refractivity contribution in [3.05, 3.63) is 75.1 Å². The number of methoxy groups -OCH3 is 1. The number of aromatic nitrogens is 2. The monoisotopic (exact) mass is 650 g/mol. The molecule has 0 bridgehead atoms. The summed E-state index contributed by atoms with van der Waals surface area (Å²) in [6, 6.07) is 13.4. The highest BCUT2D eigenvalue weighted by Crippen LogP contribution is 2.47. The van der Waals surface area contributed by atoms with Crippen LogP contribution in [0.15, 0.2) is 48.5 Å². The molecule has 3 aliphatic rings. The zero-order valence-corrected chi connectivity index (χ0v) is 28.0. The molecule has 2 saturated carbocycles. The molecule has 2 amide bonds. The van der Waals surface area contributed by atoms with E-state index in [2.05, 4.69) is 32.9 Å². The predicted molar refractivity (Wildman–Crippen MR) is 187 cm³/mol. The Morgan fingerprint density at radius 1 is 1.00 bits per heavy atom. The van der Waals surface area contributed by atoms with Crippen LogP contribution in [0.1, 0.15) is 101 Å². The van der Waals surface area contributed by atoms with Gasteiger partial charge in [-0.05, 0) is 92.8 Å². The zero-order valence-electron chi connectivity index (χ0n) is 27.2. The number of hydrogen-bond donors (Lipinski definition) is 2. The van der Waals surface area contributed by atoms with Crippen LogP contribution in [0.25, 0.3) is 28.4 Å². The number of benzene rings is 2. The number of carbonyl (C=O) groups is 3. The van der Waals surface area contributed by atoms with Crippen molar-refractivity contribution in [3.8, 4) is 11.4 Å². The van der Waals surface area contributed by atoms with Crippen LogP contribution in [-0.4, -0.2) is 40.0 Å². The Kier molecular flexibility index (Phi) is 8.75. The van der Waals surface area contributed by atoms with Crippen molar-refractivity contribution < 1.29 is 19.1 Å². The maximum atomic E-state index is 14.0. The Balaban J connectivity index is 1.18. The molecule has 8 nitrogen and oxygen atoms in total. The van der Waals surface area contributed by atoms with Crippen molar-refractivity contribution in [1.29, 1.82) is 0 Å². The van der Waals surface area contributed by atoms with Gasteiger partial charge >= 0.3 is 5.97 Å². The quantitative estimate of drug-likeness (QED) is 0.156. The number of hydrogen-bond acceptors (Lipinski definition) is 6. The Morgan fingerprint density at radius 2 is 1.77 bits per heavy atom. The van der Waals surface area contributed by atoms with Gasteiger partial charge in [0.25, 0.3) is 5.91 Å². The van der Waals surface area contributed by atoms with Gasteiger partial charge in [-0.2, -0.15) is 0 Å². The van der Waals surface area contributed by atoms with Crippen molar-refractivity contribution in [2.45, 2.75) is 95.6 Å². The molecule has 4 aromatic rings. The lowest BCUT2D eigenvalue weighted by molar-refractivity contribution is -0.134. The number of anilines is 1. The summed E-state index contributed by atoms with van der Waals surface area (Å²) in [5, 5.41) is 8.57. The smallest absolute Gasteiger partial charge is 0.330 e. The largest absolute Gasteiger partial charge is 0.466 e. The molecule has 2 N–H and O–H groups in total. The van der Waals surface area contributed by atoms with Gasteiger partial charge in [-0.25, -0.2) is 9.78 Å². The Labute approximate surface area is 279 Å². The standard InChI is InChI=1S/C38H42N4O4S/c1-24-39-34-31(47-24)11-8-22-42-30-23-27(15-18-29(30)33(35(34)42)26-9-4-3-5-10-26)36(44)41-38(20-6-7-21-38)37(45)40-28-16-12-25(13-17-28)14-19-32(43)46-2/h12-19,23,26H,3-11,20-22H2,1-2H3,(H,40,45)(H,41,44)/b19-14+. The second-order valence-electron chi connectivity index (χ2n) is 13.3. The van der Waals surface area contributed by atoms with E-state index in [9.17, 15) is 14.4 Å². The minimum Gasteiger partial charge on any atom is -0.466 e. The molecule has 0 unspecified atom stereocenters. The first-order chi connectivity index (χ1) is 22.8. The van der Waals surface area contributed by atoms with Crippen LogP contribution in [-0.2, 0) is 27.3 Å². The zero-order chi connectivity index (χ0) is 32.5. The van der Waals surface area contributed by atoms with Crippen molar-refractivity contribution in [1.82, 2.24) is 14.9 Å². The normalized spacial score (nSPS) is 17.7. The topological polar surface area (TPSA) is 102 Å². The summed E-state index contributed by atoms with van der Waals surface area (Å²) < 4.78 is 7.08. The summed E-state index contributed by atoms with van der Waals surface area (Å²) in [6.07, 6.45) is 14.2. The molecular formula is C38H42N4O4S. The number of thiazole rings is 1. The molecule has 2 aromatic carbocycles. The number of esters is 1. The second-order valence-corrected chi connectivity index (χ2v) is 14.6. The van der Waals surface area contributed by atoms with E-state index in [1.165, 1.54) is 66.8 Å². The van der Waals surface area contributed by atoms with E-state index < -0.39 is 11.5 Å². The highest BCUT2D eigenvalue weighted by atomic mass is 32.1. The Morgan fingerprint density at radius 3 is 2.51 bits per heavy atom. The van der Waals surface area contributed by atoms with Crippen LogP contribution in [0, 0.1) is 6.92 Å². The number of amides is 2. The van der Waals surface area contributed by atoms with Crippen molar-refractivity contribution >= 4 is 51.8 Å². The van der Waals surface area contributed by atoms with E-state index in [4.69, 9.17) is 4.98 Å². The molecular weight excluding hydrogens is 609 g/mol. The fourth-order valence-corrected chi connectivity index (χ4v) is 8.85. The molecule has 0 saturated heterocycles. The molecule has 9 heteroatoms. The van der Waals surface area contributed by atoms with Crippen LogP contribution < -0.4 is 10.6 Å². The van der Waals surface area contributed by atoms with Crippen LogP contribution >= 0.6 is 11.3 Å². The van der Waals surface area contributed by atoms with Crippen LogP contribution in [0.3, 0.4) is 0 Å². The van der Waals surface area contributed by atoms with Gasteiger partial charge in [0.05, 0.1) is 17.8 Å². The average Bonchev–Trinajstić information content (AvgIpc) is 3.77. The van der Waals surface area contributed by atoms with E-state index in [-0.39, 0.29) is 11.8 Å². The van der Waals surface area contributed by atoms with Gasteiger partial charge in [-0.3, -0.25) is 9.59 Å². The molecule has 2 fully saturated rings. The lowest BCUT2D eigenvalue weighted by Crippen LogP contribution is -2.55. The molecule has 0 radical (unpaired) electrons. The first-order valence-corrected chi connectivity index (χ1v) is 17.8. The van der Waals surface area contributed by atoms with Crippen molar-refractivity contribution in [2.75, 3.05) is 12.4 Å². The number of nitrogens with zero attached hydrogens (tertiary/aromatic N) is 2. The van der Waals surface area contributed by atoms with E-state index in [0.717, 1.165) is 54.0 Å². The minimum atomic E-state index is -0.980. The van der Waals surface area contributed by atoms with Crippen LogP contribution in [0.4, 0.5) is 5.69 Å².